The topological polar surface area (TPSA) is 29.1 Å². The SMILES string of the molecule is CCCCCCCCCCCC(=O)NCCC[N+](C)(C)CC. The molecule has 3 nitrogen and oxygen atoms in total. The van der Waals surface area contributed by atoms with Gasteiger partial charge in [0.1, 0.15) is 0 Å². The molecule has 0 unspecified atom stereocenters. The second-order valence-corrected chi connectivity index (χ2v) is 7.26. The van der Waals surface area contributed by atoms with Gasteiger partial charge in [-0.05, 0) is 13.3 Å². The number of hydrogen-bond acceptors (Lipinski definition) is 1. The van der Waals surface area contributed by atoms with Crippen LogP contribution in [0.15, 0.2) is 0 Å². The summed E-state index contributed by atoms with van der Waals surface area (Å²) >= 11 is 0. The van der Waals surface area contributed by atoms with E-state index in [2.05, 4.69) is 33.3 Å². The van der Waals surface area contributed by atoms with Crippen molar-refractivity contribution >= 4 is 5.91 Å². The van der Waals surface area contributed by atoms with E-state index in [1.54, 1.807) is 0 Å². The van der Waals surface area contributed by atoms with Crippen LogP contribution in [0.3, 0.4) is 0 Å². The lowest BCUT2D eigenvalue weighted by molar-refractivity contribution is -0.888. The predicted octanol–water partition coefficient (Wildman–Crippen LogP) is 4.51. The summed E-state index contributed by atoms with van der Waals surface area (Å²) in [6.07, 6.45) is 13.5. The number of rotatable bonds is 15. The van der Waals surface area contributed by atoms with Gasteiger partial charge in [0.25, 0.3) is 0 Å². The predicted molar refractivity (Wildman–Crippen MR) is 97.0 cm³/mol. The zero-order valence-electron chi connectivity index (χ0n) is 15.8. The molecule has 0 saturated carbocycles. The first-order chi connectivity index (χ1) is 10.5. The second kappa shape index (κ2) is 14.0. The number of amides is 1. The fourth-order valence-electron chi connectivity index (χ4n) is 2.58. The van der Waals surface area contributed by atoms with E-state index < -0.39 is 0 Å². The monoisotopic (exact) mass is 313 g/mol. The molecule has 0 aliphatic heterocycles. The number of nitrogens with zero attached hydrogens (tertiary/aromatic N) is 1. The molecule has 0 radical (unpaired) electrons. The summed E-state index contributed by atoms with van der Waals surface area (Å²) in [4.78, 5) is 11.7. The third kappa shape index (κ3) is 14.4. The molecule has 22 heavy (non-hydrogen) atoms. The molecule has 0 aliphatic rings. The molecule has 0 aromatic heterocycles. The van der Waals surface area contributed by atoms with E-state index in [1.807, 2.05) is 0 Å². The maximum atomic E-state index is 11.7. The summed E-state index contributed by atoms with van der Waals surface area (Å²) in [5, 5.41) is 3.06. The first kappa shape index (κ1) is 21.4. The number of carbonyl (C=O) groups excluding carboxylic acids is 1. The van der Waals surface area contributed by atoms with Crippen molar-refractivity contribution in [2.45, 2.75) is 84.5 Å². The van der Waals surface area contributed by atoms with Crippen LogP contribution in [0.4, 0.5) is 0 Å². The fourth-order valence-corrected chi connectivity index (χ4v) is 2.58. The lowest BCUT2D eigenvalue weighted by atomic mass is 10.1. The van der Waals surface area contributed by atoms with E-state index >= 15 is 0 Å². The lowest BCUT2D eigenvalue weighted by Crippen LogP contribution is -2.41. The van der Waals surface area contributed by atoms with Gasteiger partial charge in [-0.1, -0.05) is 58.3 Å². The maximum Gasteiger partial charge on any atom is 0.219 e. The molecule has 0 aromatic carbocycles. The van der Waals surface area contributed by atoms with Crippen LogP contribution >= 0.6 is 0 Å². The van der Waals surface area contributed by atoms with Gasteiger partial charge in [0, 0.05) is 19.4 Å². The van der Waals surface area contributed by atoms with E-state index in [0.29, 0.717) is 6.42 Å². The van der Waals surface area contributed by atoms with Crippen LogP contribution in [0.2, 0.25) is 0 Å². The van der Waals surface area contributed by atoms with Crippen molar-refractivity contribution in [1.82, 2.24) is 5.32 Å². The molecule has 0 saturated heterocycles. The van der Waals surface area contributed by atoms with Crippen LogP contribution in [-0.2, 0) is 4.79 Å². The molecule has 0 fully saturated rings. The van der Waals surface area contributed by atoms with Crippen molar-refractivity contribution in [2.24, 2.45) is 0 Å². The highest BCUT2D eigenvalue weighted by molar-refractivity contribution is 5.75. The number of unbranched alkanes of at least 4 members (excludes halogenated alkanes) is 8. The molecule has 1 amide bonds. The Morgan fingerprint density at radius 3 is 1.91 bits per heavy atom. The summed E-state index contributed by atoms with van der Waals surface area (Å²) in [5.74, 6) is 0.241. The Morgan fingerprint density at radius 1 is 0.818 bits per heavy atom. The Balaban J connectivity index is 3.29. The van der Waals surface area contributed by atoms with Crippen molar-refractivity contribution < 1.29 is 9.28 Å². The highest BCUT2D eigenvalue weighted by atomic mass is 16.1. The first-order valence-corrected chi connectivity index (χ1v) is 9.60. The molecule has 0 aromatic rings. The zero-order chi connectivity index (χ0) is 16.7. The van der Waals surface area contributed by atoms with Gasteiger partial charge in [-0.2, -0.15) is 0 Å². The number of carbonyl (C=O) groups is 1. The minimum Gasteiger partial charge on any atom is -0.356 e. The van der Waals surface area contributed by atoms with Gasteiger partial charge in [-0.15, -0.1) is 0 Å². The summed E-state index contributed by atoms with van der Waals surface area (Å²) in [5.41, 5.74) is 0. The largest absolute Gasteiger partial charge is 0.356 e. The molecule has 0 heterocycles. The van der Waals surface area contributed by atoms with Crippen LogP contribution in [0.25, 0.3) is 0 Å². The van der Waals surface area contributed by atoms with Gasteiger partial charge in [-0.25, -0.2) is 0 Å². The van der Waals surface area contributed by atoms with E-state index in [0.717, 1.165) is 37.0 Å². The zero-order valence-corrected chi connectivity index (χ0v) is 15.8. The van der Waals surface area contributed by atoms with Crippen LogP contribution in [0.5, 0.6) is 0 Å². The van der Waals surface area contributed by atoms with Gasteiger partial charge in [0.15, 0.2) is 0 Å². The molecule has 3 heteroatoms. The standard InChI is InChI=1S/C19H40N2O/c1-5-7-8-9-10-11-12-13-14-16-19(22)20-17-15-18-21(3,4)6-2/h5-18H2,1-4H3/p+1. The molecule has 0 bridgehead atoms. The van der Waals surface area contributed by atoms with E-state index in [1.165, 1.54) is 51.4 Å². The van der Waals surface area contributed by atoms with Gasteiger partial charge >= 0.3 is 0 Å². The van der Waals surface area contributed by atoms with Crippen LogP contribution in [0, 0.1) is 0 Å². The lowest BCUT2D eigenvalue weighted by Gasteiger charge is -2.28. The number of nitrogens with one attached hydrogen (secondary N) is 1. The quantitative estimate of drug-likeness (QED) is 0.350. The smallest absolute Gasteiger partial charge is 0.219 e. The number of quaternary nitrogens is 1. The molecular formula is C19H41N2O+. The maximum absolute atomic E-state index is 11.7. The van der Waals surface area contributed by atoms with Gasteiger partial charge in [0.2, 0.25) is 5.91 Å². The van der Waals surface area contributed by atoms with Gasteiger partial charge in [0.05, 0.1) is 27.2 Å². The van der Waals surface area contributed by atoms with Crippen LogP contribution < -0.4 is 5.32 Å². The van der Waals surface area contributed by atoms with Crippen molar-refractivity contribution in [1.29, 1.82) is 0 Å². The summed E-state index contributed by atoms with van der Waals surface area (Å²) < 4.78 is 1.04. The van der Waals surface area contributed by atoms with Crippen LogP contribution in [0.1, 0.15) is 84.5 Å². The average molecular weight is 314 g/mol. The Morgan fingerprint density at radius 2 is 1.36 bits per heavy atom. The Labute approximate surface area is 139 Å². The minimum atomic E-state index is 0.241. The molecule has 0 atom stereocenters. The Bertz CT molecular complexity index is 264. The summed E-state index contributed by atoms with van der Waals surface area (Å²) in [6.45, 7) is 7.58. The average Bonchev–Trinajstić information content (AvgIpc) is 2.50. The second-order valence-electron chi connectivity index (χ2n) is 7.26. The van der Waals surface area contributed by atoms with Crippen molar-refractivity contribution in [3.8, 4) is 0 Å². The molecular weight excluding hydrogens is 272 g/mol. The number of hydrogen-bond donors (Lipinski definition) is 1. The van der Waals surface area contributed by atoms with E-state index in [4.69, 9.17) is 0 Å². The third-order valence-electron chi connectivity index (χ3n) is 4.63. The Kier molecular flexibility index (Phi) is 13.7. The summed E-state index contributed by atoms with van der Waals surface area (Å²) in [6, 6.07) is 0. The Hall–Kier alpha value is -0.570. The first-order valence-electron chi connectivity index (χ1n) is 9.60. The van der Waals surface area contributed by atoms with Crippen molar-refractivity contribution in [3.05, 3.63) is 0 Å². The third-order valence-corrected chi connectivity index (χ3v) is 4.63. The van der Waals surface area contributed by atoms with Crippen LogP contribution in [-0.4, -0.2) is 44.1 Å². The summed E-state index contributed by atoms with van der Waals surface area (Å²) in [7, 11) is 4.48. The molecule has 132 valence electrons. The molecule has 0 spiro atoms. The van der Waals surface area contributed by atoms with E-state index in [-0.39, 0.29) is 5.91 Å². The highest BCUT2D eigenvalue weighted by Gasteiger charge is 2.10. The molecule has 0 rings (SSSR count). The molecule has 1 N–H and O–H groups in total. The van der Waals surface area contributed by atoms with Gasteiger partial charge in [-0.3, -0.25) is 4.79 Å². The normalized spacial score (nSPS) is 11.6. The van der Waals surface area contributed by atoms with Crippen molar-refractivity contribution in [3.63, 3.8) is 0 Å². The van der Waals surface area contributed by atoms with E-state index in [9.17, 15) is 4.79 Å². The molecule has 0 aliphatic carbocycles. The van der Waals surface area contributed by atoms with Gasteiger partial charge < -0.3 is 9.80 Å². The highest BCUT2D eigenvalue weighted by Crippen LogP contribution is 2.10. The minimum absolute atomic E-state index is 0.241. The van der Waals surface area contributed by atoms with Crippen molar-refractivity contribution in [2.75, 3.05) is 33.7 Å². The fraction of sp³-hybridized carbons (Fsp3) is 0.947.